The summed E-state index contributed by atoms with van der Waals surface area (Å²) < 4.78 is 0. The summed E-state index contributed by atoms with van der Waals surface area (Å²) >= 11 is 0. The van der Waals surface area contributed by atoms with E-state index in [1.54, 1.807) is 0 Å². The summed E-state index contributed by atoms with van der Waals surface area (Å²) in [5, 5.41) is 2.90. The van der Waals surface area contributed by atoms with Gasteiger partial charge in [0.2, 0.25) is 5.91 Å². The highest BCUT2D eigenvalue weighted by molar-refractivity contribution is 5.85. The first-order valence-electron chi connectivity index (χ1n) is 5.32. The molecule has 0 saturated heterocycles. The standard InChI is InChI=1S/C11H24N2O/c1-6-11(12,7-2)9(14)13-8-10(3,4)5/h6-8,12H2,1-5H3,(H,13,14). The van der Waals surface area contributed by atoms with Gasteiger partial charge in [0, 0.05) is 6.54 Å². The normalized spacial score (nSPS) is 12.7. The van der Waals surface area contributed by atoms with Gasteiger partial charge in [-0.05, 0) is 18.3 Å². The summed E-state index contributed by atoms with van der Waals surface area (Å²) in [5.41, 5.74) is 5.38. The SMILES string of the molecule is CCC(N)(CC)C(=O)NCC(C)(C)C. The van der Waals surface area contributed by atoms with E-state index in [0.29, 0.717) is 19.4 Å². The third-order valence-corrected chi connectivity index (χ3v) is 2.49. The van der Waals surface area contributed by atoms with Crippen LogP contribution in [0.4, 0.5) is 0 Å². The molecule has 3 N–H and O–H groups in total. The van der Waals surface area contributed by atoms with E-state index in [9.17, 15) is 4.79 Å². The van der Waals surface area contributed by atoms with Crippen LogP contribution in [0.2, 0.25) is 0 Å². The van der Waals surface area contributed by atoms with Gasteiger partial charge in [0.05, 0.1) is 5.54 Å². The number of hydrogen-bond donors (Lipinski definition) is 2. The minimum absolute atomic E-state index is 0.0302. The number of carbonyl (C=O) groups excluding carboxylic acids is 1. The van der Waals surface area contributed by atoms with Crippen molar-refractivity contribution in [2.75, 3.05) is 6.54 Å². The van der Waals surface area contributed by atoms with E-state index in [2.05, 4.69) is 26.1 Å². The maximum atomic E-state index is 11.7. The van der Waals surface area contributed by atoms with Crippen LogP contribution < -0.4 is 11.1 Å². The molecule has 14 heavy (non-hydrogen) atoms. The van der Waals surface area contributed by atoms with Crippen molar-refractivity contribution in [1.29, 1.82) is 0 Å². The number of amides is 1. The van der Waals surface area contributed by atoms with Crippen LogP contribution in [-0.2, 0) is 4.79 Å². The molecule has 0 atom stereocenters. The summed E-state index contributed by atoms with van der Waals surface area (Å²) in [6.45, 7) is 10.8. The Labute approximate surface area is 87.4 Å². The van der Waals surface area contributed by atoms with Crippen LogP contribution in [0.15, 0.2) is 0 Å². The molecule has 3 heteroatoms. The monoisotopic (exact) mass is 200 g/mol. The van der Waals surface area contributed by atoms with Gasteiger partial charge in [-0.3, -0.25) is 4.79 Å². The lowest BCUT2D eigenvalue weighted by Crippen LogP contribution is -2.54. The van der Waals surface area contributed by atoms with Gasteiger partial charge in [0.15, 0.2) is 0 Å². The zero-order valence-electron chi connectivity index (χ0n) is 10.1. The van der Waals surface area contributed by atoms with Crippen molar-refractivity contribution in [2.45, 2.75) is 53.0 Å². The van der Waals surface area contributed by atoms with Crippen molar-refractivity contribution in [3.05, 3.63) is 0 Å². The highest BCUT2D eigenvalue weighted by atomic mass is 16.2. The number of hydrogen-bond acceptors (Lipinski definition) is 2. The Bertz CT molecular complexity index is 190. The second-order valence-electron chi connectivity index (χ2n) is 5.11. The third kappa shape index (κ3) is 4.09. The molecule has 84 valence electrons. The van der Waals surface area contributed by atoms with E-state index in [-0.39, 0.29) is 11.3 Å². The first-order chi connectivity index (χ1) is 6.25. The molecule has 0 spiro atoms. The molecule has 3 nitrogen and oxygen atoms in total. The third-order valence-electron chi connectivity index (χ3n) is 2.49. The fourth-order valence-corrected chi connectivity index (χ4v) is 1.09. The molecule has 0 aliphatic rings. The Morgan fingerprint density at radius 3 is 1.93 bits per heavy atom. The van der Waals surface area contributed by atoms with Crippen molar-refractivity contribution < 1.29 is 4.79 Å². The minimum Gasteiger partial charge on any atom is -0.354 e. The van der Waals surface area contributed by atoms with E-state index >= 15 is 0 Å². The molecule has 0 aliphatic heterocycles. The average Bonchev–Trinajstić information content (AvgIpc) is 2.11. The van der Waals surface area contributed by atoms with Gasteiger partial charge in [-0.1, -0.05) is 34.6 Å². The molecule has 0 aromatic heterocycles. The number of nitrogens with one attached hydrogen (secondary N) is 1. The topological polar surface area (TPSA) is 55.1 Å². The van der Waals surface area contributed by atoms with E-state index in [1.807, 2.05) is 13.8 Å². The predicted molar refractivity (Wildman–Crippen MR) is 60.0 cm³/mol. The summed E-state index contributed by atoms with van der Waals surface area (Å²) in [6, 6.07) is 0. The molecule has 0 rings (SSSR count). The van der Waals surface area contributed by atoms with Gasteiger partial charge in [0.1, 0.15) is 0 Å². The molecule has 0 unspecified atom stereocenters. The molecule has 0 bridgehead atoms. The number of rotatable bonds is 4. The lowest BCUT2D eigenvalue weighted by molar-refractivity contribution is -0.127. The van der Waals surface area contributed by atoms with Gasteiger partial charge in [-0.25, -0.2) is 0 Å². The molecule has 0 aromatic carbocycles. The Morgan fingerprint density at radius 1 is 1.21 bits per heavy atom. The second kappa shape index (κ2) is 4.78. The first-order valence-corrected chi connectivity index (χ1v) is 5.32. The summed E-state index contributed by atoms with van der Waals surface area (Å²) in [5.74, 6) is -0.0302. The fourth-order valence-electron chi connectivity index (χ4n) is 1.09. The Balaban J connectivity index is 4.20. The van der Waals surface area contributed by atoms with Crippen LogP contribution in [0, 0.1) is 5.41 Å². The molecule has 0 radical (unpaired) electrons. The average molecular weight is 200 g/mol. The Kier molecular flexibility index (Phi) is 4.59. The van der Waals surface area contributed by atoms with E-state index in [4.69, 9.17) is 5.73 Å². The summed E-state index contributed by atoms with van der Waals surface area (Å²) in [7, 11) is 0. The lowest BCUT2D eigenvalue weighted by atomic mass is 9.91. The molecule has 0 fully saturated rings. The van der Waals surface area contributed by atoms with Gasteiger partial charge < -0.3 is 11.1 Å². The zero-order chi connectivity index (χ0) is 11.4. The van der Waals surface area contributed by atoms with Crippen LogP contribution in [0.3, 0.4) is 0 Å². The Hall–Kier alpha value is -0.570. The van der Waals surface area contributed by atoms with Crippen LogP contribution in [0.1, 0.15) is 47.5 Å². The first kappa shape index (κ1) is 13.4. The highest BCUT2D eigenvalue weighted by Gasteiger charge is 2.30. The van der Waals surface area contributed by atoms with Crippen LogP contribution in [0.25, 0.3) is 0 Å². The smallest absolute Gasteiger partial charge is 0.240 e. The van der Waals surface area contributed by atoms with E-state index in [1.165, 1.54) is 0 Å². The predicted octanol–water partition coefficient (Wildman–Crippen LogP) is 1.67. The lowest BCUT2D eigenvalue weighted by Gasteiger charge is -2.27. The molecular formula is C11H24N2O. The number of carbonyl (C=O) groups is 1. The maximum Gasteiger partial charge on any atom is 0.240 e. The van der Waals surface area contributed by atoms with Crippen LogP contribution in [-0.4, -0.2) is 18.0 Å². The van der Waals surface area contributed by atoms with Gasteiger partial charge >= 0.3 is 0 Å². The highest BCUT2D eigenvalue weighted by Crippen LogP contribution is 2.14. The summed E-state index contributed by atoms with van der Waals surface area (Å²) in [6.07, 6.45) is 1.36. The van der Waals surface area contributed by atoms with Crippen LogP contribution >= 0.6 is 0 Å². The fraction of sp³-hybridized carbons (Fsp3) is 0.909. The van der Waals surface area contributed by atoms with Crippen molar-refractivity contribution in [3.8, 4) is 0 Å². The molecule has 0 aromatic rings. The molecule has 1 amide bonds. The van der Waals surface area contributed by atoms with E-state index < -0.39 is 5.54 Å². The van der Waals surface area contributed by atoms with Gasteiger partial charge in [-0.15, -0.1) is 0 Å². The largest absolute Gasteiger partial charge is 0.354 e. The molecular weight excluding hydrogens is 176 g/mol. The van der Waals surface area contributed by atoms with E-state index in [0.717, 1.165) is 0 Å². The molecule has 0 aliphatic carbocycles. The van der Waals surface area contributed by atoms with Crippen molar-refractivity contribution >= 4 is 5.91 Å². The van der Waals surface area contributed by atoms with Gasteiger partial charge in [0.25, 0.3) is 0 Å². The zero-order valence-corrected chi connectivity index (χ0v) is 10.1. The second-order valence-corrected chi connectivity index (χ2v) is 5.11. The van der Waals surface area contributed by atoms with Crippen molar-refractivity contribution in [1.82, 2.24) is 5.32 Å². The summed E-state index contributed by atoms with van der Waals surface area (Å²) in [4.78, 5) is 11.7. The number of nitrogens with two attached hydrogens (primary N) is 1. The van der Waals surface area contributed by atoms with Crippen LogP contribution in [0.5, 0.6) is 0 Å². The molecule has 0 heterocycles. The van der Waals surface area contributed by atoms with Crippen molar-refractivity contribution in [2.24, 2.45) is 11.1 Å². The van der Waals surface area contributed by atoms with Gasteiger partial charge in [-0.2, -0.15) is 0 Å². The molecule has 0 saturated carbocycles. The minimum atomic E-state index is -0.689. The van der Waals surface area contributed by atoms with Crippen molar-refractivity contribution in [3.63, 3.8) is 0 Å². The Morgan fingerprint density at radius 2 is 1.64 bits per heavy atom. The maximum absolute atomic E-state index is 11.7. The quantitative estimate of drug-likeness (QED) is 0.725.